The largest absolute Gasteiger partial charge is 0.508 e. The van der Waals surface area contributed by atoms with Crippen molar-refractivity contribution in [2.45, 2.75) is 0 Å². The van der Waals surface area contributed by atoms with Crippen LogP contribution in [0.15, 0.2) is 48.7 Å². The number of hydrogen-bond donors (Lipinski definition) is 3. The van der Waals surface area contributed by atoms with E-state index >= 15 is 0 Å². The van der Waals surface area contributed by atoms with Crippen molar-refractivity contribution in [1.82, 2.24) is 14.5 Å². The molecule has 0 atom stereocenters. The fourth-order valence-electron chi connectivity index (χ4n) is 3.37. The fraction of sp³-hybridized carbons (Fsp3) is 0.182. The van der Waals surface area contributed by atoms with Crippen LogP contribution < -0.4 is 24.8 Å². The number of benzene rings is 2. The molecule has 0 bridgehead atoms. The Kier molecular flexibility index (Phi) is 5.40. The molecular weight excluding hydrogens is 398 g/mol. The van der Waals surface area contributed by atoms with Crippen molar-refractivity contribution in [2.75, 3.05) is 39.0 Å². The third kappa shape index (κ3) is 3.73. The molecule has 9 nitrogen and oxygen atoms in total. The number of anilines is 3. The number of methoxy groups -OCH3 is 3. The van der Waals surface area contributed by atoms with Crippen molar-refractivity contribution < 1.29 is 19.3 Å². The first kappa shape index (κ1) is 20.1. The first-order valence-electron chi connectivity index (χ1n) is 9.50. The standard InChI is InChI=1S/C22H23N5O4/c1-23-22-26-16-12-24-20(25-13-5-7-15(28)8-6-13)11-17(16)27(22)14-9-18(29-2)21(31-4)19(10-14)30-3/h5-12,28H,1-4H3,(H,23,26)(H,24,25). The molecular formula is C22H23N5O4. The van der Waals surface area contributed by atoms with Gasteiger partial charge in [-0.05, 0) is 24.3 Å². The summed E-state index contributed by atoms with van der Waals surface area (Å²) in [6.07, 6.45) is 1.70. The molecule has 0 unspecified atom stereocenters. The molecule has 0 saturated heterocycles. The van der Waals surface area contributed by atoms with E-state index in [0.717, 1.165) is 16.9 Å². The summed E-state index contributed by atoms with van der Waals surface area (Å²) in [5.74, 6) is 3.06. The predicted octanol–water partition coefficient (Wildman–Crippen LogP) is 3.94. The molecule has 0 aliphatic heterocycles. The van der Waals surface area contributed by atoms with Gasteiger partial charge in [0.1, 0.15) is 17.1 Å². The van der Waals surface area contributed by atoms with Crippen LogP contribution in [-0.4, -0.2) is 48.0 Å². The van der Waals surface area contributed by atoms with Crippen molar-refractivity contribution in [2.24, 2.45) is 0 Å². The van der Waals surface area contributed by atoms with Crippen LogP contribution >= 0.6 is 0 Å². The molecule has 2 aromatic heterocycles. The molecule has 160 valence electrons. The van der Waals surface area contributed by atoms with Gasteiger partial charge in [-0.15, -0.1) is 0 Å². The summed E-state index contributed by atoms with van der Waals surface area (Å²) in [4.78, 5) is 9.09. The normalized spacial score (nSPS) is 10.7. The van der Waals surface area contributed by atoms with Crippen LogP contribution in [-0.2, 0) is 0 Å². The molecule has 0 radical (unpaired) electrons. The van der Waals surface area contributed by atoms with E-state index in [1.165, 1.54) is 0 Å². The summed E-state index contributed by atoms with van der Waals surface area (Å²) in [5.41, 5.74) is 3.13. The zero-order chi connectivity index (χ0) is 22.0. The fourth-order valence-corrected chi connectivity index (χ4v) is 3.37. The SMILES string of the molecule is CNc1nc2cnc(Nc3ccc(O)cc3)cc2n1-c1cc(OC)c(OC)c(OC)c1. The number of pyridine rings is 1. The van der Waals surface area contributed by atoms with Gasteiger partial charge in [0.25, 0.3) is 0 Å². The lowest BCUT2D eigenvalue weighted by Crippen LogP contribution is -2.04. The van der Waals surface area contributed by atoms with Gasteiger partial charge in [0, 0.05) is 30.9 Å². The lowest BCUT2D eigenvalue weighted by Gasteiger charge is -2.16. The number of ether oxygens (including phenoxy) is 3. The van der Waals surface area contributed by atoms with Gasteiger partial charge in [0.2, 0.25) is 11.7 Å². The topological polar surface area (TPSA) is 103 Å². The van der Waals surface area contributed by atoms with Crippen LogP contribution in [0.25, 0.3) is 16.7 Å². The molecule has 31 heavy (non-hydrogen) atoms. The summed E-state index contributed by atoms with van der Waals surface area (Å²) < 4.78 is 18.4. The van der Waals surface area contributed by atoms with Gasteiger partial charge in [0.05, 0.1) is 38.7 Å². The van der Waals surface area contributed by atoms with Gasteiger partial charge in [-0.3, -0.25) is 4.57 Å². The van der Waals surface area contributed by atoms with E-state index in [9.17, 15) is 5.11 Å². The van der Waals surface area contributed by atoms with Crippen molar-refractivity contribution in [3.05, 3.63) is 48.7 Å². The van der Waals surface area contributed by atoms with Crippen molar-refractivity contribution in [3.63, 3.8) is 0 Å². The molecule has 0 amide bonds. The zero-order valence-electron chi connectivity index (χ0n) is 17.6. The van der Waals surface area contributed by atoms with Crippen LogP contribution in [0.2, 0.25) is 0 Å². The number of imidazole rings is 1. The molecule has 0 fully saturated rings. The summed E-state index contributed by atoms with van der Waals surface area (Å²) in [7, 11) is 6.53. The summed E-state index contributed by atoms with van der Waals surface area (Å²) in [6.45, 7) is 0. The van der Waals surface area contributed by atoms with E-state index in [-0.39, 0.29) is 5.75 Å². The van der Waals surface area contributed by atoms with E-state index in [0.29, 0.717) is 34.5 Å². The Hall–Kier alpha value is -4.14. The Bertz CT molecular complexity index is 1200. The quantitative estimate of drug-likeness (QED) is 0.386. The first-order chi connectivity index (χ1) is 15.1. The van der Waals surface area contributed by atoms with Gasteiger partial charge in [-0.2, -0.15) is 0 Å². The number of phenols is 1. The highest BCUT2D eigenvalue weighted by molar-refractivity contribution is 5.84. The maximum absolute atomic E-state index is 9.49. The van der Waals surface area contributed by atoms with Crippen LogP contribution in [0, 0.1) is 0 Å². The molecule has 2 heterocycles. The maximum Gasteiger partial charge on any atom is 0.208 e. The van der Waals surface area contributed by atoms with E-state index in [1.54, 1.807) is 58.8 Å². The monoisotopic (exact) mass is 421 g/mol. The number of rotatable bonds is 7. The molecule has 2 aromatic carbocycles. The molecule has 4 rings (SSSR count). The molecule has 0 aliphatic carbocycles. The highest BCUT2D eigenvalue weighted by atomic mass is 16.5. The highest BCUT2D eigenvalue weighted by Crippen LogP contribution is 2.40. The third-order valence-electron chi connectivity index (χ3n) is 4.81. The predicted molar refractivity (Wildman–Crippen MR) is 119 cm³/mol. The van der Waals surface area contributed by atoms with E-state index in [2.05, 4.69) is 20.6 Å². The Morgan fingerprint density at radius 1 is 0.935 bits per heavy atom. The lowest BCUT2D eigenvalue weighted by molar-refractivity contribution is 0.324. The number of nitrogens with zero attached hydrogens (tertiary/aromatic N) is 3. The van der Waals surface area contributed by atoms with Gasteiger partial charge in [-0.1, -0.05) is 0 Å². The average Bonchev–Trinajstić information content (AvgIpc) is 3.17. The zero-order valence-corrected chi connectivity index (χ0v) is 17.6. The van der Waals surface area contributed by atoms with Gasteiger partial charge in [-0.25, -0.2) is 9.97 Å². The second kappa shape index (κ2) is 8.31. The maximum atomic E-state index is 9.49. The van der Waals surface area contributed by atoms with Crippen molar-refractivity contribution >= 4 is 28.5 Å². The Morgan fingerprint density at radius 3 is 2.19 bits per heavy atom. The third-order valence-corrected chi connectivity index (χ3v) is 4.81. The first-order valence-corrected chi connectivity index (χ1v) is 9.50. The van der Waals surface area contributed by atoms with E-state index < -0.39 is 0 Å². The molecule has 4 aromatic rings. The number of hydrogen-bond acceptors (Lipinski definition) is 8. The van der Waals surface area contributed by atoms with Crippen molar-refractivity contribution in [3.8, 4) is 28.7 Å². The number of aromatic hydroxyl groups is 1. The Labute approximate surface area is 179 Å². The van der Waals surface area contributed by atoms with Crippen LogP contribution in [0.3, 0.4) is 0 Å². The Morgan fingerprint density at radius 2 is 1.61 bits per heavy atom. The number of nitrogens with one attached hydrogen (secondary N) is 2. The minimum absolute atomic E-state index is 0.202. The second-order valence-electron chi connectivity index (χ2n) is 6.63. The molecule has 0 saturated carbocycles. The van der Waals surface area contributed by atoms with Gasteiger partial charge < -0.3 is 30.0 Å². The molecule has 3 N–H and O–H groups in total. The van der Waals surface area contributed by atoms with Gasteiger partial charge >= 0.3 is 0 Å². The van der Waals surface area contributed by atoms with Crippen LogP contribution in [0.1, 0.15) is 0 Å². The minimum Gasteiger partial charge on any atom is -0.508 e. The highest BCUT2D eigenvalue weighted by Gasteiger charge is 2.18. The summed E-state index contributed by atoms with van der Waals surface area (Å²) in [5, 5.41) is 15.9. The molecule has 0 spiro atoms. The van der Waals surface area contributed by atoms with Crippen LogP contribution in [0.5, 0.6) is 23.0 Å². The van der Waals surface area contributed by atoms with Crippen molar-refractivity contribution in [1.29, 1.82) is 0 Å². The second-order valence-corrected chi connectivity index (χ2v) is 6.63. The number of aromatic nitrogens is 3. The van der Waals surface area contributed by atoms with Gasteiger partial charge in [0.15, 0.2) is 11.5 Å². The van der Waals surface area contributed by atoms with E-state index in [1.807, 2.05) is 22.8 Å². The molecule has 0 aliphatic rings. The number of phenolic OH excluding ortho intramolecular Hbond substituents is 1. The number of fused-ring (bicyclic) bond motifs is 1. The van der Waals surface area contributed by atoms with E-state index in [4.69, 9.17) is 14.2 Å². The minimum atomic E-state index is 0.202. The van der Waals surface area contributed by atoms with Crippen LogP contribution in [0.4, 0.5) is 17.5 Å². The molecule has 9 heteroatoms. The summed E-state index contributed by atoms with van der Waals surface area (Å²) in [6, 6.07) is 12.4. The lowest BCUT2D eigenvalue weighted by atomic mass is 10.2. The Balaban J connectivity index is 1.86. The summed E-state index contributed by atoms with van der Waals surface area (Å²) >= 11 is 0. The smallest absolute Gasteiger partial charge is 0.208 e. The average molecular weight is 421 g/mol.